The lowest BCUT2D eigenvalue weighted by molar-refractivity contribution is 0.415. The van der Waals surface area contributed by atoms with Gasteiger partial charge in [0.15, 0.2) is 5.58 Å². The summed E-state index contributed by atoms with van der Waals surface area (Å²) >= 11 is 0. The summed E-state index contributed by atoms with van der Waals surface area (Å²) in [4.78, 5) is 10.1. The first-order valence-corrected chi connectivity index (χ1v) is 10.8. The minimum Gasteiger partial charge on any atom is -0.452 e. The molecule has 146 valence electrons. The van der Waals surface area contributed by atoms with E-state index in [1.165, 1.54) is 38.5 Å². The molecule has 0 unspecified atom stereocenters. The second-order valence-corrected chi connectivity index (χ2v) is 8.55. The van der Waals surface area contributed by atoms with Gasteiger partial charge in [-0.15, -0.1) is 0 Å². The number of benzene rings is 1. The van der Waals surface area contributed by atoms with E-state index in [1.807, 2.05) is 6.07 Å². The van der Waals surface area contributed by atoms with E-state index in [1.54, 1.807) is 12.1 Å². The molecule has 28 heavy (non-hydrogen) atoms. The number of nitrogens with zero attached hydrogens (tertiary/aromatic N) is 2. The summed E-state index contributed by atoms with van der Waals surface area (Å²) in [6.07, 6.45) is 12.2. The topological polar surface area (TPSA) is 79.4 Å². The fourth-order valence-corrected chi connectivity index (χ4v) is 5.06. The normalized spacial score (nSPS) is 19.5. The molecule has 0 spiro atoms. The lowest BCUT2D eigenvalue weighted by Crippen LogP contribution is -2.29. The van der Waals surface area contributed by atoms with Gasteiger partial charge in [-0.2, -0.15) is 0 Å². The molecule has 2 aliphatic rings. The van der Waals surface area contributed by atoms with Crippen LogP contribution in [0.15, 0.2) is 22.6 Å². The lowest BCUT2D eigenvalue weighted by atomic mass is 9.80. The molecule has 0 bridgehead atoms. The molecule has 0 saturated heterocycles. The van der Waals surface area contributed by atoms with Gasteiger partial charge in [0.2, 0.25) is 0 Å². The minimum absolute atomic E-state index is 0.428. The molecule has 2 fully saturated rings. The smallest absolute Gasteiger partial charge is 0.452 e. The zero-order chi connectivity index (χ0) is 19.1. The van der Waals surface area contributed by atoms with E-state index >= 15 is 0 Å². The van der Waals surface area contributed by atoms with Crippen LogP contribution in [0.2, 0.25) is 0 Å². The highest BCUT2D eigenvalue weighted by Crippen LogP contribution is 2.40. The van der Waals surface area contributed by atoms with E-state index in [0.29, 0.717) is 17.3 Å². The Kier molecular flexibility index (Phi) is 4.85. The molecule has 0 radical (unpaired) electrons. The largest absolute Gasteiger partial charge is 0.488 e. The number of rotatable bonds is 3. The van der Waals surface area contributed by atoms with Gasteiger partial charge >= 0.3 is 7.12 Å². The molecule has 2 heterocycles. The Morgan fingerprint density at radius 3 is 2.21 bits per heavy atom. The summed E-state index contributed by atoms with van der Waals surface area (Å²) in [5.41, 5.74) is 3.92. The van der Waals surface area contributed by atoms with Crippen molar-refractivity contribution >= 4 is 34.7 Å². The molecule has 0 aliphatic heterocycles. The van der Waals surface area contributed by atoms with Crippen LogP contribution in [0, 0.1) is 0 Å². The van der Waals surface area contributed by atoms with Crippen molar-refractivity contribution in [3.63, 3.8) is 0 Å². The summed E-state index contributed by atoms with van der Waals surface area (Å²) in [7, 11) is -1.49. The first-order chi connectivity index (χ1) is 13.7. The third kappa shape index (κ3) is 3.23. The average Bonchev–Trinajstić information content (AvgIpc) is 3.12. The van der Waals surface area contributed by atoms with Crippen molar-refractivity contribution < 1.29 is 14.5 Å². The van der Waals surface area contributed by atoms with Crippen LogP contribution in [0.1, 0.15) is 87.6 Å². The standard InChI is InChI=1S/C22H27BN2O3/c26-23(27)16-11-12-18-17(13-16)20-21(28-18)19(14-7-3-1-4-8-14)24-22(25-20)15-9-5-2-6-10-15/h11-15,26-27H,1-10H2. The first-order valence-electron chi connectivity index (χ1n) is 10.8. The summed E-state index contributed by atoms with van der Waals surface area (Å²) in [5.74, 6) is 1.83. The van der Waals surface area contributed by atoms with Gasteiger partial charge < -0.3 is 14.5 Å². The predicted molar refractivity (Wildman–Crippen MR) is 111 cm³/mol. The number of hydrogen-bond donors (Lipinski definition) is 2. The van der Waals surface area contributed by atoms with E-state index < -0.39 is 7.12 Å². The Balaban J connectivity index is 1.71. The van der Waals surface area contributed by atoms with Gasteiger partial charge in [-0.25, -0.2) is 9.97 Å². The van der Waals surface area contributed by atoms with Crippen molar-refractivity contribution in [2.45, 2.75) is 76.0 Å². The van der Waals surface area contributed by atoms with Crippen molar-refractivity contribution in [3.8, 4) is 0 Å². The molecule has 0 amide bonds. The van der Waals surface area contributed by atoms with Crippen LogP contribution >= 0.6 is 0 Å². The molecular weight excluding hydrogens is 351 g/mol. The monoisotopic (exact) mass is 378 g/mol. The molecule has 0 atom stereocenters. The summed E-state index contributed by atoms with van der Waals surface area (Å²) < 4.78 is 6.23. The van der Waals surface area contributed by atoms with Gasteiger partial charge in [0.05, 0.1) is 5.69 Å². The zero-order valence-electron chi connectivity index (χ0n) is 16.2. The highest BCUT2D eigenvalue weighted by molar-refractivity contribution is 6.59. The zero-order valence-corrected chi connectivity index (χ0v) is 16.2. The molecule has 1 aromatic carbocycles. The lowest BCUT2D eigenvalue weighted by Gasteiger charge is -2.24. The highest BCUT2D eigenvalue weighted by atomic mass is 16.4. The Morgan fingerprint density at radius 1 is 0.857 bits per heavy atom. The molecule has 2 aliphatic carbocycles. The minimum atomic E-state index is -1.49. The Bertz CT molecular complexity index is 988. The van der Waals surface area contributed by atoms with E-state index in [0.717, 1.165) is 59.3 Å². The maximum atomic E-state index is 9.60. The summed E-state index contributed by atoms with van der Waals surface area (Å²) in [5, 5.41) is 20.1. The average molecular weight is 378 g/mol. The quantitative estimate of drug-likeness (QED) is 0.670. The van der Waals surface area contributed by atoms with E-state index in [2.05, 4.69) is 0 Å². The Hall–Kier alpha value is -1.92. The molecule has 2 N–H and O–H groups in total. The number of aromatic nitrogens is 2. The van der Waals surface area contributed by atoms with Gasteiger partial charge in [-0.05, 0) is 43.3 Å². The van der Waals surface area contributed by atoms with Crippen LogP contribution in [-0.2, 0) is 0 Å². The van der Waals surface area contributed by atoms with Gasteiger partial charge in [0, 0.05) is 17.2 Å². The van der Waals surface area contributed by atoms with Crippen molar-refractivity contribution in [1.29, 1.82) is 0 Å². The first kappa shape index (κ1) is 18.1. The van der Waals surface area contributed by atoms with Gasteiger partial charge in [-0.3, -0.25) is 0 Å². The fourth-order valence-electron chi connectivity index (χ4n) is 5.06. The van der Waals surface area contributed by atoms with Crippen LogP contribution in [0.4, 0.5) is 0 Å². The van der Waals surface area contributed by atoms with E-state index in [4.69, 9.17) is 14.4 Å². The van der Waals surface area contributed by atoms with Crippen LogP contribution in [0.5, 0.6) is 0 Å². The number of fused-ring (bicyclic) bond motifs is 3. The van der Waals surface area contributed by atoms with Crippen molar-refractivity contribution in [3.05, 3.63) is 29.7 Å². The maximum absolute atomic E-state index is 9.60. The molecule has 6 heteroatoms. The van der Waals surface area contributed by atoms with E-state index in [-0.39, 0.29) is 0 Å². The Labute approximate surface area is 165 Å². The van der Waals surface area contributed by atoms with Crippen LogP contribution in [-0.4, -0.2) is 27.1 Å². The van der Waals surface area contributed by atoms with Crippen molar-refractivity contribution in [2.75, 3.05) is 0 Å². The SMILES string of the molecule is OB(O)c1ccc2oc3c(C4CCCCC4)nc(C4CCCCC4)nc3c2c1. The third-order valence-corrected chi connectivity index (χ3v) is 6.64. The van der Waals surface area contributed by atoms with Crippen molar-refractivity contribution in [1.82, 2.24) is 9.97 Å². The van der Waals surface area contributed by atoms with Crippen LogP contribution in [0.3, 0.4) is 0 Å². The van der Waals surface area contributed by atoms with E-state index in [9.17, 15) is 10.0 Å². The van der Waals surface area contributed by atoms with Crippen molar-refractivity contribution in [2.24, 2.45) is 0 Å². The molecule has 5 nitrogen and oxygen atoms in total. The van der Waals surface area contributed by atoms with Gasteiger partial charge in [-0.1, -0.05) is 44.6 Å². The molecular formula is C22H27BN2O3. The van der Waals surface area contributed by atoms with Crippen LogP contribution < -0.4 is 5.46 Å². The number of furan rings is 1. The predicted octanol–water partition coefficient (Wildman–Crippen LogP) is 4.15. The maximum Gasteiger partial charge on any atom is 0.488 e. The molecule has 3 aromatic rings. The molecule has 2 aromatic heterocycles. The molecule has 5 rings (SSSR count). The number of hydrogen-bond acceptors (Lipinski definition) is 5. The third-order valence-electron chi connectivity index (χ3n) is 6.64. The van der Waals surface area contributed by atoms with Gasteiger partial charge in [0.1, 0.15) is 16.9 Å². The highest BCUT2D eigenvalue weighted by Gasteiger charge is 2.27. The molecule has 2 saturated carbocycles. The summed E-state index contributed by atoms with van der Waals surface area (Å²) in [6.45, 7) is 0. The van der Waals surface area contributed by atoms with Crippen LogP contribution in [0.25, 0.3) is 22.1 Å². The van der Waals surface area contributed by atoms with Gasteiger partial charge in [0.25, 0.3) is 0 Å². The fraction of sp³-hybridized carbons (Fsp3) is 0.545. The summed E-state index contributed by atoms with van der Waals surface area (Å²) in [6, 6.07) is 5.32. The Morgan fingerprint density at radius 2 is 1.54 bits per heavy atom. The second kappa shape index (κ2) is 7.49. The second-order valence-electron chi connectivity index (χ2n) is 8.55.